The van der Waals surface area contributed by atoms with Crippen molar-refractivity contribution in [2.24, 2.45) is 0 Å². The molecule has 0 saturated carbocycles. The van der Waals surface area contributed by atoms with E-state index in [0.29, 0.717) is 12.2 Å². The zero-order valence-electron chi connectivity index (χ0n) is 13.7. The minimum Gasteiger partial charge on any atom is -0.479 e. The summed E-state index contributed by atoms with van der Waals surface area (Å²) in [5.74, 6) is -1.26. The Bertz CT molecular complexity index is 978. The molecule has 1 aliphatic rings. The summed E-state index contributed by atoms with van der Waals surface area (Å²) in [5, 5.41) is 12.4. The van der Waals surface area contributed by atoms with Gasteiger partial charge in [-0.3, -0.25) is 4.79 Å². The van der Waals surface area contributed by atoms with E-state index < -0.39 is 12.1 Å². The fourth-order valence-corrected chi connectivity index (χ4v) is 3.42. The Morgan fingerprint density at radius 3 is 2.76 bits per heavy atom. The molecule has 0 spiro atoms. The Morgan fingerprint density at radius 2 is 1.96 bits per heavy atom. The van der Waals surface area contributed by atoms with Gasteiger partial charge in [-0.2, -0.15) is 0 Å². The number of carbonyl (C=O) groups excluding carboxylic acids is 1. The van der Waals surface area contributed by atoms with Gasteiger partial charge in [0.15, 0.2) is 6.10 Å². The van der Waals surface area contributed by atoms with E-state index in [9.17, 15) is 14.7 Å². The molecular weight excluding hydrogens is 320 g/mol. The molecule has 1 aromatic heterocycles. The van der Waals surface area contributed by atoms with E-state index in [1.54, 1.807) is 11.8 Å². The first-order chi connectivity index (χ1) is 12.0. The lowest BCUT2D eigenvalue weighted by molar-refractivity contribution is -0.160. The number of benzene rings is 2. The van der Waals surface area contributed by atoms with Crippen LogP contribution in [0.3, 0.4) is 0 Å². The summed E-state index contributed by atoms with van der Waals surface area (Å²) in [6, 6.07) is 13.8. The van der Waals surface area contributed by atoms with Crippen LogP contribution in [-0.2, 0) is 9.53 Å². The van der Waals surface area contributed by atoms with Crippen LogP contribution in [0, 0.1) is 0 Å². The number of carboxylic acids is 1. The van der Waals surface area contributed by atoms with E-state index in [2.05, 4.69) is 4.98 Å². The second-order valence-electron chi connectivity index (χ2n) is 6.41. The number of aliphatic carboxylic acids is 1. The molecule has 1 unspecified atom stereocenters. The number of amides is 1. The van der Waals surface area contributed by atoms with Gasteiger partial charge in [0.2, 0.25) is 0 Å². The van der Waals surface area contributed by atoms with Crippen LogP contribution in [-0.4, -0.2) is 52.2 Å². The third-order valence-corrected chi connectivity index (χ3v) is 4.58. The molecule has 2 aromatic carbocycles. The molecule has 1 fully saturated rings. The Balaban J connectivity index is 1.70. The Labute approximate surface area is 144 Å². The van der Waals surface area contributed by atoms with Gasteiger partial charge >= 0.3 is 5.97 Å². The van der Waals surface area contributed by atoms with Crippen molar-refractivity contribution in [3.63, 3.8) is 0 Å². The molecule has 1 aliphatic heterocycles. The number of carboxylic acid groups (broad SMARTS) is 1. The highest BCUT2D eigenvalue weighted by atomic mass is 16.5. The number of nitrogens with one attached hydrogen (secondary N) is 1. The number of carbonyl (C=O) groups is 2. The van der Waals surface area contributed by atoms with Gasteiger partial charge in [-0.25, -0.2) is 4.79 Å². The molecule has 3 aromatic rings. The molecule has 6 heteroatoms. The van der Waals surface area contributed by atoms with Gasteiger partial charge in [0.25, 0.3) is 5.91 Å². The average molecular weight is 338 g/mol. The van der Waals surface area contributed by atoms with Crippen LogP contribution in [0.2, 0.25) is 0 Å². The van der Waals surface area contributed by atoms with Gasteiger partial charge in [0.05, 0.1) is 12.6 Å². The molecule has 1 amide bonds. The lowest BCUT2D eigenvalue weighted by atomic mass is 10.1. The maximum absolute atomic E-state index is 12.9. The molecule has 128 valence electrons. The highest BCUT2D eigenvalue weighted by Crippen LogP contribution is 2.26. The smallest absolute Gasteiger partial charge is 0.334 e. The van der Waals surface area contributed by atoms with Gasteiger partial charge < -0.3 is 19.7 Å². The van der Waals surface area contributed by atoms with Crippen molar-refractivity contribution < 1.29 is 19.4 Å². The summed E-state index contributed by atoms with van der Waals surface area (Å²) in [5.41, 5.74) is 1.35. The van der Waals surface area contributed by atoms with Crippen LogP contribution >= 0.6 is 0 Å². The first kappa shape index (κ1) is 15.7. The second kappa shape index (κ2) is 5.89. The Morgan fingerprint density at radius 1 is 1.16 bits per heavy atom. The largest absolute Gasteiger partial charge is 0.479 e. The third kappa shape index (κ3) is 2.74. The zero-order valence-corrected chi connectivity index (χ0v) is 13.7. The van der Waals surface area contributed by atoms with E-state index in [0.717, 1.165) is 21.7 Å². The number of hydrogen-bond acceptors (Lipinski definition) is 3. The van der Waals surface area contributed by atoms with Crippen molar-refractivity contribution in [1.29, 1.82) is 0 Å². The monoisotopic (exact) mass is 338 g/mol. The molecule has 0 radical (unpaired) electrons. The van der Waals surface area contributed by atoms with E-state index in [-0.39, 0.29) is 18.6 Å². The van der Waals surface area contributed by atoms with E-state index in [1.807, 2.05) is 42.5 Å². The predicted molar refractivity (Wildman–Crippen MR) is 93.7 cm³/mol. The number of morpholine rings is 1. The number of aromatic nitrogens is 1. The predicted octanol–water partition coefficient (Wildman–Crippen LogP) is 2.64. The van der Waals surface area contributed by atoms with Gasteiger partial charge in [-0.05, 0) is 29.8 Å². The average Bonchev–Trinajstić information content (AvgIpc) is 3.05. The van der Waals surface area contributed by atoms with E-state index >= 15 is 0 Å². The molecule has 2 atom stereocenters. The summed E-state index contributed by atoms with van der Waals surface area (Å²) in [4.78, 5) is 28.8. The molecule has 4 rings (SSSR count). The van der Waals surface area contributed by atoms with Crippen molar-refractivity contribution in [3.05, 3.63) is 48.2 Å². The highest BCUT2D eigenvalue weighted by molar-refractivity contribution is 6.09. The highest BCUT2D eigenvalue weighted by Gasteiger charge is 2.33. The van der Waals surface area contributed by atoms with Crippen LogP contribution in [0.15, 0.2) is 42.5 Å². The van der Waals surface area contributed by atoms with Gasteiger partial charge in [-0.1, -0.05) is 30.3 Å². The normalized spacial score (nSPS) is 20.9. The van der Waals surface area contributed by atoms with Crippen molar-refractivity contribution >= 4 is 33.6 Å². The van der Waals surface area contributed by atoms with Crippen molar-refractivity contribution in [2.75, 3.05) is 13.1 Å². The summed E-state index contributed by atoms with van der Waals surface area (Å²) in [7, 11) is 0. The lowest BCUT2D eigenvalue weighted by Gasteiger charge is -2.34. The zero-order chi connectivity index (χ0) is 17.6. The number of rotatable bonds is 2. The van der Waals surface area contributed by atoms with Gasteiger partial charge in [0.1, 0.15) is 5.69 Å². The topological polar surface area (TPSA) is 82.6 Å². The van der Waals surface area contributed by atoms with Crippen molar-refractivity contribution in [3.8, 4) is 0 Å². The lowest BCUT2D eigenvalue weighted by Crippen LogP contribution is -2.51. The van der Waals surface area contributed by atoms with Crippen molar-refractivity contribution in [2.45, 2.75) is 19.1 Å². The first-order valence-corrected chi connectivity index (χ1v) is 8.21. The minimum absolute atomic E-state index is 0.0502. The summed E-state index contributed by atoms with van der Waals surface area (Å²) in [6.45, 7) is 2.20. The maximum atomic E-state index is 12.9. The quantitative estimate of drug-likeness (QED) is 0.752. The number of ether oxygens (including phenoxy) is 1. The Kier molecular flexibility index (Phi) is 3.69. The van der Waals surface area contributed by atoms with Crippen LogP contribution in [0.5, 0.6) is 0 Å². The molecule has 2 N–H and O–H groups in total. The maximum Gasteiger partial charge on any atom is 0.334 e. The standard InChI is InChI=1S/C19H18N2O4/c1-11-9-21(10-17(25-11)19(23)24)18(22)16-8-14-13-5-3-2-4-12(13)6-7-15(14)20-16/h2-8,11,17,20H,9-10H2,1H3,(H,23,24)/t11-,17?/m1/s1. The van der Waals surface area contributed by atoms with Crippen LogP contribution in [0.4, 0.5) is 0 Å². The van der Waals surface area contributed by atoms with Gasteiger partial charge in [-0.15, -0.1) is 0 Å². The molecule has 0 aliphatic carbocycles. The third-order valence-electron chi connectivity index (χ3n) is 4.58. The van der Waals surface area contributed by atoms with E-state index in [4.69, 9.17) is 4.74 Å². The van der Waals surface area contributed by atoms with Crippen LogP contribution in [0.25, 0.3) is 21.7 Å². The minimum atomic E-state index is -1.05. The fourth-order valence-electron chi connectivity index (χ4n) is 3.42. The molecule has 0 bridgehead atoms. The molecule has 25 heavy (non-hydrogen) atoms. The van der Waals surface area contributed by atoms with Crippen molar-refractivity contribution in [1.82, 2.24) is 9.88 Å². The number of nitrogens with zero attached hydrogens (tertiary/aromatic N) is 1. The van der Waals surface area contributed by atoms with Crippen LogP contribution < -0.4 is 0 Å². The molecule has 2 heterocycles. The molecule has 1 saturated heterocycles. The summed E-state index contributed by atoms with van der Waals surface area (Å²) >= 11 is 0. The second-order valence-corrected chi connectivity index (χ2v) is 6.41. The Hall–Kier alpha value is -2.86. The van der Waals surface area contributed by atoms with Crippen LogP contribution in [0.1, 0.15) is 17.4 Å². The molecule has 6 nitrogen and oxygen atoms in total. The van der Waals surface area contributed by atoms with E-state index in [1.165, 1.54) is 0 Å². The summed E-state index contributed by atoms with van der Waals surface area (Å²) in [6.07, 6.45) is -1.30. The SMILES string of the molecule is C[C@@H]1CN(C(=O)c2cc3c(ccc4ccccc43)[nH]2)CC(C(=O)O)O1. The number of H-pyrrole nitrogens is 1. The fraction of sp³-hybridized carbons (Fsp3) is 0.263. The number of hydrogen-bond donors (Lipinski definition) is 2. The van der Waals surface area contributed by atoms with Gasteiger partial charge in [0, 0.05) is 17.4 Å². The number of aromatic amines is 1. The first-order valence-electron chi connectivity index (χ1n) is 8.21. The molecular formula is C19H18N2O4. The number of fused-ring (bicyclic) bond motifs is 3. The summed E-state index contributed by atoms with van der Waals surface area (Å²) < 4.78 is 5.38.